The van der Waals surface area contributed by atoms with Crippen molar-refractivity contribution in [2.24, 2.45) is 0 Å². The van der Waals surface area contributed by atoms with Crippen LogP contribution in [0.3, 0.4) is 0 Å². The number of amides is 2. The Morgan fingerprint density at radius 1 is 1.02 bits per heavy atom. The molecule has 3 heterocycles. The fourth-order valence-electron chi connectivity index (χ4n) is 5.27. The summed E-state index contributed by atoms with van der Waals surface area (Å²) in [6.45, 7) is 0.263. The normalized spacial score (nSPS) is 22.5. The van der Waals surface area contributed by atoms with Crippen molar-refractivity contribution in [1.82, 2.24) is 19.8 Å². The van der Waals surface area contributed by atoms with Crippen LogP contribution >= 0.6 is 23.2 Å². The first-order chi connectivity index (χ1) is 20.5. The maximum atomic E-state index is 12.9. The van der Waals surface area contributed by atoms with Gasteiger partial charge in [-0.3, -0.25) is 9.59 Å². The number of nitrogens with one attached hydrogen (secondary N) is 1. The second-order valence-corrected chi connectivity index (χ2v) is 11.2. The molecule has 43 heavy (non-hydrogen) atoms. The third kappa shape index (κ3) is 7.32. The molecule has 9 nitrogen and oxygen atoms in total. The molecule has 1 aromatic heterocycles. The van der Waals surface area contributed by atoms with Gasteiger partial charge in [-0.2, -0.15) is 13.2 Å². The topological polar surface area (TPSA) is 106 Å². The van der Waals surface area contributed by atoms with Crippen molar-refractivity contribution in [3.63, 3.8) is 0 Å². The summed E-state index contributed by atoms with van der Waals surface area (Å²) in [4.78, 5) is 29.0. The van der Waals surface area contributed by atoms with E-state index in [-0.39, 0.29) is 43.5 Å². The van der Waals surface area contributed by atoms with Gasteiger partial charge in [-0.15, -0.1) is 0 Å². The van der Waals surface area contributed by atoms with E-state index >= 15 is 0 Å². The lowest BCUT2D eigenvalue weighted by Gasteiger charge is -2.36. The molecule has 0 spiro atoms. The molecule has 5 rings (SSSR count). The summed E-state index contributed by atoms with van der Waals surface area (Å²) >= 11 is 12.3. The molecule has 2 aliphatic heterocycles. The van der Waals surface area contributed by atoms with Crippen molar-refractivity contribution < 1.29 is 37.3 Å². The van der Waals surface area contributed by atoms with Gasteiger partial charge >= 0.3 is 12.1 Å². The number of rotatable bonds is 8. The molecular weight excluding hydrogens is 612 g/mol. The largest absolute Gasteiger partial charge is 0.471 e. The van der Waals surface area contributed by atoms with Gasteiger partial charge in [0.05, 0.1) is 31.7 Å². The first-order valence-electron chi connectivity index (χ1n) is 13.6. The molecule has 2 amide bonds. The van der Waals surface area contributed by atoms with Crippen molar-refractivity contribution in [2.75, 3.05) is 6.54 Å². The molecule has 2 aromatic carbocycles. The number of aliphatic hydroxyl groups is 1. The van der Waals surface area contributed by atoms with Crippen molar-refractivity contribution in [3.05, 3.63) is 87.4 Å². The van der Waals surface area contributed by atoms with Gasteiger partial charge in [0.25, 0.3) is 0 Å². The molecule has 2 N–H and O–H groups in total. The van der Waals surface area contributed by atoms with Crippen LogP contribution in [0.1, 0.15) is 53.9 Å². The number of nitrogens with zero attached hydrogens (tertiary/aromatic N) is 3. The number of hydrogen-bond acceptors (Lipinski definition) is 6. The number of aliphatic hydroxyl groups excluding tert-OH is 1. The number of alkyl halides is 3. The monoisotopic (exact) mass is 640 g/mol. The van der Waals surface area contributed by atoms with Crippen LogP contribution in [0.25, 0.3) is 0 Å². The van der Waals surface area contributed by atoms with Crippen LogP contribution in [0.15, 0.2) is 54.9 Å². The molecule has 0 unspecified atom stereocenters. The lowest BCUT2D eigenvalue weighted by Crippen LogP contribution is -2.50. The average Bonchev–Trinajstić information content (AvgIpc) is 3.62. The van der Waals surface area contributed by atoms with E-state index < -0.39 is 30.3 Å². The molecule has 0 aliphatic carbocycles. The lowest BCUT2D eigenvalue weighted by molar-refractivity contribution is -0.252. The van der Waals surface area contributed by atoms with Crippen LogP contribution in [0.5, 0.6) is 0 Å². The Balaban J connectivity index is 1.26. The number of carbonyl (C=O) groups is 2. The molecule has 0 saturated carbocycles. The standard InChI is InChI=1S/C29H29Cl2F3N4O5/c30-24-25(31)37(16-36-24)14-21-12-23(19-7-5-18(15-39)6-8-19)43-27(42-21)20-9-3-17(4-10-20)13-35-26(40)22-2-1-11-38(22)28(41)29(32,33)34/h3-10,16,21-23,27,39H,1-2,11-15H2,(H,35,40)/t21-,22-,23+,27+/m0/s1. The van der Waals surface area contributed by atoms with Gasteiger partial charge in [0, 0.05) is 25.1 Å². The van der Waals surface area contributed by atoms with Crippen LogP contribution in [0.4, 0.5) is 13.2 Å². The fourth-order valence-corrected chi connectivity index (χ4v) is 5.58. The predicted molar refractivity (Wildman–Crippen MR) is 150 cm³/mol. The van der Waals surface area contributed by atoms with E-state index in [2.05, 4.69) is 10.3 Å². The number of benzene rings is 2. The summed E-state index contributed by atoms with van der Waals surface area (Å²) in [5, 5.41) is 12.5. The Bertz CT molecular complexity index is 1440. The number of imidazole rings is 1. The Morgan fingerprint density at radius 2 is 1.70 bits per heavy atom. The van der Waals surface area contributed by atoms with Gasteiger partial charge in [0.1, 0.15) is 11.2 Å². The third-order valence-electron chi connectivity index (χ3n) is 7.53. The number of carbonyl (C=O) groups excluding carboxylic acids is 2. The maximum absolute atomic E-state index is 12.9. The van der Waals surface area contributed by atoms with Crippen molar-refractivity contribution >= 4 is 35.0 Å². The molecular formula is C29H29Cl2F3N4O5. The van der Waals surface area contributed by atoms with E-state index in [1.165, 1.54) is 6.33 Å². The van der Waals surface area contributed by atoms with E-state index in [1.807, 2.05) is 24.3 Å². The molecule has 2 fully saturated rings. The second-order valence-electron chi connectivity index (χ2n) is 10.4. The molecule has 3 aromatic rings. The minimum Gasteiger partial charge on any atom is -0.392 e. The van der Waals surface area contributed by atoms with E-state index in [9.17, 15) is 27.9 Å². The van der Waals surface area contributed by atoms with Gasteiger partial charge in [0.15, 0.2) is 11.4 Å². The fraction of sp³-hybridized carbons (Fsp3) is 0.414. The first-order valence-corrected chi connectivity index (χ1v) is 14.4. The van der Waals surface area contributed by atoms with E-state index in [1.54, 1.807) is 28.8 Å². The zero-order valence-corrected chi connectivity index (χ0v) is 24.3. The summed E-state index contributed by atoms with van der Waals surface area (Å²) < 4.78 is 53.1. The number of likely N-dealkylation sites (tertiary alicyclic amines) is 1. The second kappa shape index (κ2) is 13.2. The van der Waals surface area contributed by atoms with Crippen LogP contribution in [0.2, 0.25) is 10.3 Å². The number of ether oxygens (including phenoxy) is 2. The van der Waals surface area contributed by atoms with Crippen LogP contribution in [-0.4, -0.2) is 56.2 Å². The highest BCUT2D eigenvalue weighted by molar-refractivity contribution is 6.40. The smallest absolute Gasteiger partial charge is 0.392 e. The molecule has 2 aliphatic rings. The molecule has 14 heteroatoms. The predicted octanol–water partition coefficient (Wildman–Crippen LogP) is 5.10. The summed E-state index contributed by atoms with van der Waals surface area (Å²) in [6.07, 6.45) is -3.88. The summed E-state index contributed by atoms with van der Waals surface area (Å²) in [5.74, 6) is -2.63. The Labute approximate surface area is 255 Å². The lowest BCUT2D eigenvalue weighted by atomic mass is 10.00. The van der Waals surface area contributed by atoms with Crippen molar-refractivity contribution in [1.29, 1.82) is 0 Å². The highest BCUT2D eigenvalue weighted by Crippen LogP contribution is 2.39. The van der Waals surface area contributed by atoms with E-state index in [4.69, 9.17) is 32.7 Å². The first kappa shape index (κ1) is 31.3. The summed E-state index contributed by atoms with van der Waals surface area (Å²) in [7, 11) is 0. The third-order valence-corrected chi connectivity index (χ3v) is 8.30. The average molecular weight is 641 g/mol. The van der Waals surface area contributed by atoms with Gasteiger partial charge < -0.3 is 29.4 Å². The highest BCUT2D eigenvalue weighted by atomic mass is 35.5. The molecule has 4 atom stereocenters. The molecule has 2 saturated heterocycles. The minimum atomic E-state index is -5.03. The van der Waals surface area contributed by atoms with Crippen LogP contribution in [-0.2, 0) is 38.8 Å². The highest BCUT2D eigenvalue weighted by Gasteiger charge is 2.47. The zero-order chi connectivity index (χ0) is 30.7. The van der Waals surface area contributed by atoms with Gasteiger partial charge in [-0.25, -0.2) is 4.98 Å². The summed E-state index contributed by atoms with van der Waals surface area (Å²) in [6, 6.07) is 13.4. The van der Waals surface area contributed by atoms with Crippen LogP contribution < -0.4 is 5.32 Å². The number of halogens is 5. The number of hydrogen-bond donors (Lipinski definition) is 2. The molecule has 230 valence electrons. The SMILES string of the molecule is O=C(NCc1ccc([C@@H]2O[C@H](Cn3cnc(Cl)c3Cl)C[C@H](c3ccc(CO)cc3)O2)cc1)[C@@H]1CCCN1C(=O)C(F)(F)F. The zero-order valence-electron chi connectivity index (χ0n) is 22.8. The minimum absolute atomic E-state index is 0.0678. The van der Waals surface area contributed by atoms with Crippen molar-refractivity contribution in [3.8, 4) is 0 Å². The maximum Gasteiger partial charge on any atom is 0.471 e. The Morgan fingerprint density at radius 3 is 2.33 bits per heavy atom. The molecule has 0 radical (unpaired) electrons. The summed E-state index contributed by atoms with van der Waals surface area (Å²) in [5.41, 5.74) is 3.10. The van der Waals surface area contributed by atoms with Gasteiger partial charge in [-0.05, 0) is 29.5 Å². The van der Waals surface area contributed by atoms with Gasteiger partial charge in [0.2, 0.25) is 5.91 Å². The number of aromatic nitrogens is 2. The van der Waals surface area contributed by atoms with Crippen molar-refractivity contribution in [2.45, 2.75) is 69.7 Å². The van der Waals surface area contributed by atoms with E-state index in [0.29, 0.717) is 40.6 Å². The molecule has 0 bridgehead atoms. The Hall–Kier alpha value is -3.16. The van der Waals surface area contributed by atoms with Crippen LogP contribution in [0, 0.1) is 0 Å². The van der Waals surface area contributed by atoms with Gasteiger partial charge in [-0.1, -0.05) is 71.7 Å². The Kier molecular flexibility index (Phi) is 9.62. The van der Waals surface area contributed by atoms with E-state index in [0.717, 1.165) is 11.1 Å². The quantitative estimate of drug-likeness (QED) is 0.355.